The van der Waals surface area contributed by atoms with Crippen molar-refractivity contribution in [1.82, 2.24) is 15.5 Å². The van der Waals surface area contributed by atoms with Crippen molar-refractivity contribution in [2.45, 2.75) is 45.1 Å². The van der Waals surface area contributed by atoms with E-state index in [1.165, 1.54) is 25.3 Å². The Hall–Kier alpha value is -2.96. The fraction of sp³-hybridized carbons (Fsp3) is 0.400. The number of fused-ring (bicyclic) bond motifs is 1. The smallest absolute Gasteiger partial charge is 0.360 e. The van der Waals surface area contributed by atoms with Crippen LogP contribution in [0.3, 0.4) is 0 Å². The largest absolute Gasteiger partial charge is 0.448 e. The van der Waals surface area contributed by atoms with Crippen LogP contribution < -0.4 is 10.9 Å². The van der Waals surface area contributed by atoms with Gasteiger partial charge in [0.1, 0.15) is 0 Å². The Morgan fingerprint density at radius 2 is 2.04 bits per heavy atom. The third kappa shape index (κ3) is 4.61. The van der Waals surface area contributed by atoms with Crippen molar-refractivity contribution >= 4 is 22.6 Å². The Labute approximate surface area is 156 Å². The maximum absolute atomic E-state index is 12.4. The molecule has 1 atom stereocenters. The highest BCUT2D eigenvalue weighted by atomic mass is 16.5. The number of nitrogens with one attached hydrogen (secondary N) is 2. The van der Waals surface area contributed by atoms with Crippen LogP contribution in [0.1, 0.15) is 49.5 Å². The SMILES string of the molecule is C[C@@H](OC(=O)c1n[nH]c(=O)c2ccccc12)C(=O)NCCC1=CCCCC1. The van der Waals surface area contributed by atoms with Crippen molar-refractivity contribution in [3.05, 3.63) is 52.0 Å². The van der Waals surface area contributed by atoms with E-state index < -0.39 is 12.1 Å². The standard InChI is InChI=1S/C20H23N3O4/c1-13(18(24)21-12-11-14-7-3-2-4-8-14)27-20(26)17-15-9-5-6-10-16(15)19(25)23-22-17/h5-7,9-10,13H,2-4,8,11-12H2,1H3,(H,21,24)(H,23,25)/t13-/m1/s1. The highest BCUT2D eigenvalue weighted by Crippen LogP contribution is 2.19. The number of esters is 1. The molecule has 27 heavy (non-hydrogen) atoms. The Bertz CT molecular complexity index is 932. The van der Waals surface area contributed by atoms with Gasteiger partial charge in [0, 0.05) is 11.9 Å². The molecule has 142 valence electrons. The van der Waals surface area contributed by atoms with Gasteiger partial charge in [-0.25, -0.2) is 9.89 Å². The van der Waals surface area contributed by atoms with E-state index in [-0.39, 0.29) is 17.2 Å². The van der Waals surface area contributed by atoms with Gasteiger partial charge in [0.05, 0.1) is 5.39 Å². The molecule has 1 aliphatic rings. The van der Waals surface area contributed by atoms with E-state index in [1.54, 1.807) is 24.3 Å². The highest BCUT2D eigenvalue weighted by molar-refractivity contribution is 6.02. The van der Waals surface area contributed by atoms with Gasteiger partial charge in [-0.15, -0.1) is 0 Å². The number of hydrogen-bond donors (Lipinski definition) is 2. The maximum Gasteiger partial charge on any atom is 0.360 e. The second kappa shape index (κ2) is 8.62. The van der Waals surface area contributed by atoms with Crippen LogP contribution in [0, 0.1) is 0 Å². The minimum absolute atomic E-state index is 0.0165. The van der Waals surface area contributed by atoms with Crippen LogP contribution in [0.4, 0.5) is 0 Å². The van der Waals surface area contributed by atoms with Crippen LogP contribution in [-0.2, 0) is 9.53 Å². The molecule has 0 aliphatic heterocycles. The number of amides is 1. The minimum Gasteiger partial charge on any atom is -0.448 e. The van der Waals surface area contributed by atoms with Gasteiger partial charge in [-0.2, -0.15) is 5.10 Å². The molecule has 2 N–H and O–H groups in total. The lowest BCUT2D eigenvalue weighted by atomic mass is 9.97. The molecule has 7 heteroatoms. The number of carbonyl (C=O) groups is 2. The summed E-state index contributed by atoms with van der Waals surface area (Å²) in [7, 11) is 0. The maximum atomic E-state index is 12.4. The number of benzene rings is 1. The molecule has 1 aromatic carbocycles. The molecule has 0 bridgehead atoms. The lowest BCUT2D eigenvalue weighted by Gasteiger charge is -2.15. The van der Waals surface area contributed by atoms with Gasteiger partial charge in [-0.1, -0.05) is 29.8 Å². The Kier molecular flexibility index (Phi) is 6.01. The molecule has 0 unspecified atom stereocenters. The topological polar surface area (TPSA) is 101 Å². The Morgan fingerprint density at radius 3 is 2.78 bits per heavy atom. The number of carbonyl (C=O) groups excluding carboxylic acids is 2. The van der Waals surface area contributed by atoms with Crippen molar-refractivity contribution in [2.75, 3.05) is 6.54 Å². The molecule has 1 amide bonds. The molecule has 0 fully saturated rings. The van der Waals surface area contributed by atoms with Gasteiger partial charge >= 0.3 is 5.97 Å². The van der Waals surface area contributed by atoms with Crippen molar-refractivity contribution in [2.24, 2.45) is 0 Å². The fourth-order valence-corrected chi connectivity index (χ4v) is 3.16. The van der Waals surface area contributed by atoms with Crippen molar-refractivity contribution in [1.29, 1.82) is 0 Å². The second-order valence-electron chi connectivity index (χ2n) is 6.64. The predicted octanol–water partition coefficient (Wildman–Crippen LogP) is 2.48. The van der Waals surface area contributed by atoms with Gasteiger partial charge in [0.25, 0.3) is 11.5 Å². The number of hydrogen-bond acceptors (Lipinski definition) is 5. The lowest BCUT2D eigenvalue weighted by molar-refractivity contribution is -0.129. The van der Waals surface area contributed by atoms with E-state index in [1.807, 2.05) is 0 Å². The number of aromatic amines is 1. The van der Waals surface area contributed by atoms with Gasteiger partial charge in [0.2, 0.25) is 0 Å². The van der Waals surface area contributed by atoms with Gasteiger partial charge in [0.15, 0.2) is 11.8 Å². The zero-order valence-electron chi connectivity index (χ0n) is 15.3. The summed E-state index contributed by atoms with van der Waals surface area (Å²) in [5.74, 6) is -1.10. The zero-order valence-corrected chi connectivity index (χ0v) is 15.3. The molecular weight excluding hydrogens is 346 g/mol. The van der Waals surface area contributed by atoms with E-state index >= 15 is 0 Å². The first kappa shape index (κ1) is 18.8. The Balaban J connectivity index is 1.59. The molecule has 1 aliphatic carbocycles. The fourth-order valence-electron chi connectivity index (χ4n) is 3.16. The van der Waals surface area contributed by atoms with E-state index in [0.717, 1.165) is 19.3 Å². The van der Waals surface area contributed by atoms with Crippen molar-refractivity contribution in [3.8, 4) is 0 Å². The number of allylic oxidation sites excluding steroid dienone is 1. The minimum atomic E-state index is -0.953. The predicted molar refractivity (Wildman–Crippen MR) is 101 cm³/mol. The van der Waals surface area contributed by atoms with Crippen LogP contribution in [0.2, 0.25) is 0 Å². The van der Waals surface area contributed by atoms with E-state index in [0.29, 0.717) is 17.3 Å². The number of aromatic nitrogens is 2. The third-order valence-corrected chi connectivity index (χ3v) is 4.67. The van der Waals surface area contributed by atoms with Crippen LogP contribution in [0.15, 0.2) is 40.7 Å². The molecule has 1 aromatic heterocycles. The molecule has 0 saturated carbocycles. The van der Waals surface area contributed by atoms with Crippen molar-refractivity contribution < 1.29 is 14.3 Å². The van der Waals surface area contributed by atoms with Gasteiger partial charge in [-0.05, 0) is 45.1 Å². The summed E-state index contributed by atoms with van der Waals surface area (Å²) >= 11 is 0. The van der Waals surface area contributed by atoms with Crippen LogP contribution >= 0.6 is 0 Å². The third-order valence-electron chi connectivity index (χ3n) is 4.67. The number of ether oxygens (including phenoxy) is 1. The summed E-state index contributed by atoms with van der Waals surface area (Å²) < 4.78 is 5.24. The quantitative estimate of drug-likeness (QED) is 0.602. The molecule has 0 radical (unpaired) electrons. The second-order valence-corrected chi connectivity index (χ2v) is 6.64. The first-order chi connectivity index (χ1) is 13.1. The lowest BCUT2D eigenvalue weighted by Crippen LogP contribution is -2.36. The first-order valence-electron chi connectivity index (χ1n) is 9.20. The van der Waals surface area contributed by atoms with Crippen LogP contribution in [0.5, 0.6) is 0 Å². The van der Waals surface area contributed by atoms with E-state index in [2.05, 4.69) is 21.6 Å². The highest BCUT2D eigenvalue weighted by Gasteiger charge is 2.22. The van der Waals surface area contributed by atoms with Gasteiger partial charge < -0.3 is 10.1 Å². The first-order valence-corrected chi connectivity index (χ1v) is 9.20. The normalized spacial score (nSPS) is 15.1. The molecule has 3 rings (SSSR count). The summed E-state index contributed by atoms with van der Waals surface area (Å²) in [4.78, 5) is 36.4. The molecule has 7 nitrogen and oxygen atoms in total. The average molecular weight is 369 g/mol. The molecule has 0 saturated heterocycles. The summed E-state index contributed by atoms with van der Waals surface area (Å²) in [6.45, 7) is 2.04. The summed E-state index contributed by atoms with van der Waals surface area (Å²) in [5.41, 5.74) is 0.970. The zero-order chi connectivity index (χ0) is 19.2. The monoisotopic (exact) mass is 369 g/mol. The average Bonchev–Trinajstić information content (AvgIpc) is 2.69. The summed E-state index contributed by atoms with van der Waals surface area (Å²) in [5, 5.41) is 9.61. The van der Waals surface area contributed by atoms with Gasteiger partial charge in [-0.3, -0.25) is 9.59 Å². The Morgan fingerprint density at radius 1 is 1.26 bits per heavy atom. The number of nitrogens with zero attached hydrogens (tertiary/aromatic N) is 1. The van der Waals surface area contributed by atoms with Crippen LogP contribution in [0.25, 0.3) is 10.8 Å². The van der Waals surface area contributed by atoms with E-state index in [9.17, 15) is 14.4 Å². The van der Waals surface area contributed by atoms with E-state index in [4.69, 9.17) is 4.74 Å². The van der Waals surface area contributed by atoms with Crippen molar-refractivity contribution in [3.63, 3.8) is 0 Å². The molecule has 2 aromatic rings. The number of rotatable bonds is 6. The van der Waals surface area contributed by atoms with Crippen LogP contribution in [-0.4, -0.2) is 34.7 Å². The summed E-state index contributed by atoms with van der Waals surface area (Å²) in [6.07, 6.45) is 6.74. The molecule has 1 heterocycles. The molecular formula is C20H23N3O4. The number of H-pyrrole nitrogens is 1. The summed E-state index contributed by atoms with van der Waals surface area (Å²) in [6, 6.07) is 6.63. The molecule has 0 spiro atoms.